The van der Waals surface area contributed by atoms with Crippen LogP contribution in [0.2, 0.25) is 0 Å². The van der Waals surface area contributed by atoms with E-state index in [9.17, 15) is 4.79 Å². The highest BCUT2D eigenvalue weighted by atomic mass is 127. The third-order valence-corrected chi connectivity index (χ3v) is 5.00. The van der Waals surface area contributed by atoms with Crippen LogP contribution in [0.25, 0.3) is 10.9 Å². The van der Waals surface area contributed by atoms with E-state index in [1.165, 1.54) is 0 Å². The van der Waals surface area contributed by atoms with Gasteiger partial charge in [0.15, 0.2) is 0 Å². The Morgan fingerprint density at radius 2 is 2.10 bits per heavy atom. The Bertz CT molecular complexity index is 723. The quantitative estimate of drug-likeness (QED) is 0.629. The van der Waals surface area contributed by atoms with Crippen molar-refractivity contribution in [2.45, 2.75) is 18.8 Å². The first-order chi connectivity index (χ1) is 9.58. The average Bonchev–Trinajstić information content (AvgIpc) is 2.44. The number of halogens is 2. The van der Waals surface area contributed by atoms with Crippen LogP contribution in [0.4, 0.5) is 0 Å². The van der Waals surface area contributed by atoms with E-state index in [4.69, 9.17) is 9.72 Å². The van der Waals surface area contributed by atoms with Gasteiger partial charge >= 0.3 is 0 Å². The molecular formula is C14H14BrIN2O2. The van der Waals surface area contributed by atoms with E-state index in [0.717, 1.165) is 45.4 Å². The van der Waals surface area contributed by atoms with E-state index in [0.29, 0.717) is 11.3 Å². The van der Waals surface area contributed by atoms with E-state index in [2.05, 4.69) is 38.5 Å². The molecule has 4 nitrogen and oxygen atoms in total. The number of benzene rings is 1. The number of aromatic nitrogens is 2. The maximum absolute atomic E-state index is 12.6. The van der Waals surface area contributed by atoms with Crippen molar-refractivity contribution in [1.82, 2.24) is 9.55 Å². The fraction of sp³-hybridized carbons (Fsp3) is 0.429. The summed E-state index contributed by atoms with van der Waals surface area (Å²) in [7, 11) is 1.81. The fourth-order valence-electron chi connectivity index (χ4n) is 2.64. The maximum atomic E-state index is 12.6. The highest BCUT2D eigenvalue weighted by molar-refractivity contribution is 14.1. The van der Waals surface area contributed by atoms with Crippen molar-refractivity contribution in [2.24, 2.45) is 7.05 Å². The molecule has 0 spiro atoms. The van der Waals surface area contributed by atoms with Gasteiger partial charge in [-0.3, -0.25) is 9.36 Å². The largest absolute Gasteiger partial charge is 0.381 e. The van der Waals surface area contributed by atoms with Crippen LogP contribution in [0.3, 0.4) is 0 Å². The molecule has 1 aliphatic heterocycles. The molecule has 2 aromatic rings. The van der Waals surface area contributed by atoms with Crippen molar-refractivity contribution in [3.8, 4) is 0 Å². The van der Waals surface area contributed by atoms with Crippen LogP contribution in [0.1, 0.15) is 24.6 Å². The summed E-state index contributed by atoms with van der Waals surface area (Å²) in [6.07, 6.45) is 1.86. The van der Waals surface area contributed by atoms with Crippen molar-refractivity contribution >= 4 is 49.4 Å². The Morgan fingerprint density at radius 3 is 2.80 bits per heavy atom. The number of nitrogens with zero attached hydrogens (tertiary/aromatic N) is 2. The third kappa shape index (κ3) is 2.53. The molecule has 6 heteroatoms. The molecule has 1 aromatic heterocycles. The van der Waals surface area contributed by atoms with Crippen molar-refractivity contribution < 1.29 is 4.74 Å². The summed E-state index contributed by atoms with van der Waals surface area (Å²) in [6, 6.07) is 3.84. The van der Waals surface area contributed by atoms with Crippen LogP contribution in [0, 0.1) is 3.57 Å². The van der Waals surface area contributed by atoms with Gasteiger partial charge in [-0.1, -0.05) is 15.9 Å². The zero-order valence-corrected chi connectivity index (χ0v) is 14.8. The molecule has 0 atom stereocenters. The van der Waals surface area contributed by atoms with Gasteiger partial charge in [0.2, 0.25) is 0 Å². The van der Waals surface area contributed by atoms with Crippen molar-refractivity contribution in [3.63, 3.8) is 0 Å². The van der Waals surface area contributed by atoms with Crippen LogP contribution < -0.4 is 5.56 Å². The first-order valence-corrected chi connectivity index (χ1v) is 8.38. The molecular weight excluding hydrogens is 435 g/mol. The summed E-state index contributed by atoms with van der Waals surface area (Å²) >= 11 is 5.67. The SMILES string of the molecule is Cn1c(C2CCOCC2)nc2c(I)cc(Br)cc2c1=O. The van der Waals surface area contributed by atoms with Crippen LogP contribution in [0.5, 0.6) is 0 Å². The number of hydrogen-bond acceptors (Lipinski definition) is 3. The molecule has 0 amide bonds. The minimum atomic E-state index is 0.0238. The van der Waals surface area contributed by atoms with Gasteiger partial charge in [-0.15, -0.1) is 0 Å². The van der Waals surface area contributed by atoms with Gasteiger partial charge in [0.05, 0.1) is 10.9 Å². The Kier molecular flexibility index (Phi) is 4.14. The minimum Gasteiger partial charge on any atom is -0.381 e. The standard InChI is InChI=1S/C14H14BrIN2O2/c1-18-13(8-2-4-20-5-3-8)17-12-10(14(18)19)6-9(15)7-11(12)16/h6-8H,2-5H2,1H3. The second-order valence-electron chi connectivity index (χ2n) is 5.00. The lowest BCUT2D eigenvalue weighted by Crippen LogP contribution is -2.27. The first kappa shape index (κ1) is 14.5. The predicted molar refractivity (Wildman–Crippen MR) is 90.2 cm³/mol. The minimum absolute atomic E-state index is 0.0238. The van der Waals surface area contributed by atoms with Gasteiger partial charge < -0.3 is 4.74 Å². The summed E-state index contributed by atoms with van der Waals surface area (Å²) in [5.74, 6) is 1.19. The predicted octanol–water partition coefficient (Wildman–Crippen LogP) is 3.19. The topological polar surface area (TPSA) is 44.1 Å². The highest BCUT2D eigenvalue weighted by Gasteiger charge is 2.22. The van der Waals surface area contributed by atoms with Gasteiger partial charge in [0.1, 0.15) is 5.82 Å². The van der Waals surface area contributed by atoms with Crippen LogP contribution in [0.15, 0.2) is 21.4 Å². The lowest BCUT2D eigenvalue weighted by molar-refractivity contribution is 0.0828. The lowest BCUT2D eigenvalue weighted by atomic mass is 9.99. The van der Waals surface area contributed by atoms with Gasteiger partial charge in [-0.05, 0) is 47.6 Å². The molecule has 3 rings (SSSR count). The van der Waals surface area contributed by atoms with Crippen LogP contribution in [-0.2, 0) is 11.8 Å². The van der Waals surface area contributed by atoms with Gasteiger partial charge in [0.25, 0.3) is 5.56 Å². The zero-order chi connectivity index (χ0) is 14.3. The molecule has 1 saturated heterocycles. The van der Waals surface area contributed by atoms with E-state index in [-0.39, 0.29) is 5.56 Å². The number of hydrogen-bond donors (Lipinski definition) is 0. The molecule has 0 radical (unpaired) electrons. The van der Waals surface area contributed by atoms with Crippen molar-refractivity contribution in [1.29, 1.82) is 0 Å². The number of rotatable bonds is 1. The van der Waals surface area contributed by atoms with E-state index >= 15 is 0 Å². The Labute approximate surface area is 138 Å². The highest BCUT2D eigenvalue weighted by Crippen LogP contribution is 2.28. The van der Waals surface area contributed by atoms with E-state index < -0.39 is 0 Å². The molecule has 0 bridgehead atoms. The van der Waals surface area contributed by atoms with Gasteiger partial charge in [0, 0.05) is 34.2 Å². The van der Waals surface area contributed by atoms with Crippen LogP contribution >= 0.6 is 38.5 Å². The fourth-order valence-corrected chi connectivity index (χ4v) is 4.27. The smallest absolute Gasteiger partial charge is 0.261 e. The van der Waals surface area contributed by atoms with Crippen molar-refractivity contribution in [3.05, 3.63) is 36.4 Å². The molecule has 0 aliphatic carbocycles. The Morgan fingerprint density at radius 1 is 1.40 bits per heavy atom. The molecule has 0 unspecified atom stereocenters. The summed E-state index contributed by atoms with van der Waals surface area (Å²) in [4.78, 5) is 17.3. The normalized spacial score (nSPS) is 16.8. The molecule has 2 heterocycles. The molecule has 0 N–H and O–H groups in total. The Hall–Kier alpha value is -0.470. The van der Waals surface area contributed by atoms with E-state index in [1.807, 2.05) is 19.2 Å². The van der Waals surface area contributed by atoms with Gasteiger partial charge in [-0.2, -0.15) is 0 Å². The number of fused-ring (bicyclic) bond motifs is 1. The van der Waals surface area contributed by atoms with Gasteiger partial charge in [-0.25, -0.2) is 4.98 Å². The van der Waals surface area contributed by atoms with E-state index in [1.54, 1.807) is 4.57 Å². The first-order valence-electron chi connectivity index (χ1n) is 6.51. The van der Waals surface area contributed by atoms with Crippen molar-refractivity contribution in [2.75, 3.05) is 13.2 Å². The lowest BCUT2D eigenvalue weighted by Gasteiger charge is -2.23. The maximum Gasteiger partial charge on any atom is 0.261 e. The summed E-state index contributed by atoms with van der Waals surface area (Å²) in [5.41, 5.74) is 0.828. The summed E-state index contributed by atoms with van der Waals surface area (Å²) < 4.78 is 9.00. The number of ether oxygens (including phenoxy) is 1. The molecule has 1 fully saturated rings. The molecule has 1 aliphatic rings. The molecule has 0 saturated carbocycles. The average molecular weight is 449 g/mol. The summed E-state index contributed by atoms with van der Waals surface area (Å²) in [6.45, 7) is 1.49. The monoisotopic (exact) mass is 448 g/mol. The van der Waals surface area contributed by atoms with Crippen LogP contribution in [-0.4, -0.2) is 22.8 Å². The second kappa shape index (κ2) is 5.73. The zero-order valence-electron chi connectivity index (χ0n) is 11.0. The molecule has 106 valence electrons. The Balaban J connectivity index is 2.24. The third-order valence-electron chi connectivity index (χ3n) is 3.72. The summed E-state index contributed by atoms with van der Waals surface area (Å²) in [5, 5.41) is 0.669. The molecule has 20 heavy (non-hydrogen) atoms. The molecule has 1 aromatic carbocycles. The second-order valence-corrected chi connectivity index (χ2v) is 7.08.